The smallest absolute Gasteiger partial charge is 0.0545 e. The van der Waals surface area contributed by atoms with E-state index in [-0.39, 0.29) is 5.54 Å². The zero-order valence-corrected chi connectivity index (χ0v) is 5.69. The summed E-state index contributed by atoms with van der Waals surface area (Å²) in [6.07, 6.45) is 6.26. The number of hydrogen-bond acceptors (Lipinski definition) is 1. The summed E-state index contributed by atoms with van der Waals surface area (Å²) in [6.45, 7) is 8.60. The van der Waals surface area contributed by atoms with E-state index < -0.39 is 0 Å². The van der Waals surface area contributed by atoms with Crippen LogP contribution in [0.5, 0.6) is 0 Å². The van der Waals surface area contributed by atoms with Crippen molar-refractivity contribution in [1.82, 2.24) is 5.32 Å². The van der Waals surface area contributed by atoms with Gasteiger partial charge in [-0.15, -0.1) is 13.2 Å². The molecule has 0 spiro atoms. The van der Waals surface area contributed by atoms with E-state index in [4.69, 9.17) is 0 Å². The second-order valence-electron chi connectivity index (χ2n) is 2.48. The maximum Gasteiger partial charge on any atom is 0.0545 e. The Bertz CT molecular complexity index is 111. The van der Waals surface area contributed by atoms with Crippen LogP contribution in [-0.2, 0) is 0 Å². The van der Waals surface area contributed by atoms with E-state index in [1.165, 1.54) is 6.42 Å². The van der Waals surface area contributed by atoms with Gasteiger partial charge in [-0.3, -0.25) is 0 Å². The van der Waals surface area contributed by atoms with Gasteiger partial charge in [-0.1, -0.05) is 12.2 Å². The third-order valence-electron chi connectivity index (χ3n) is 1.95. The zero-order chi connectivity index (χ0) is 6.74. The van der Waals surface area contributed by atoms with Crippen LogP contribution in [0.1, 0.15) is 12.8 Å². The molecular weight excluding hydrogens is 110 g/mol. The zero-order valence-electron chi connectivity index (χ0n) is 5.69. The van der Waals surface area contributed by atoms with Crippen LogP contribution in [0.4, 0.5) is 0 Å². The van der Waals surface area contributed by atoms with Gasteiger partial charge in [0.15, 0.2) is 0 Å². The molecule has 1 heteroatoms. The molecule has 1 rings (SSSR count). The molecule has 0 aliphatic carbocycles. The van der Waals surface area contributed by atoms with Crippen molar-refractivity contribution >= 4 is 0 Å². The number of rotatable bonds is 2. The SMILES string of the molecule is C=CC1(C=C)CCCN1. The molecule has 0 aromatic rings. The fraction of sp³-hybridized carbons (Fsp3) is 0.500. The summed E-state index contributed by atoms with van der Waals surface area (Å²) in [5, 5.41) is 3.33. The van der Waals surface area contributed by atoms with Gasteiger partial charge in [0, 0.05) is 0 Å². The van der Waals surface area contributed by atoms with E-state index in [0.717, 1.165) is 13.0 Å². The van der Waals surface area contributed by atoms with Gasteiger partial charge in [0.2, 0.25) is 0 Å². The van der Waals surface area contributed by atoms with Gasteiger partial charge < -0.3 is 5.32 Å². The predicted molar refractivity (Wildman–Crippen MR) is 40.4 cm³/mol. The molecular formula is C8H13N. The summed E-state index contributed by atoms with van der Waals surface area (Å²) in [4.78, 5) is 0. The molecule has 1 N–H and O–H groups in total. The van der Waals surface area contributed by atoms with Crippen molar-refractivity contribution in [2.75, 3.05) is 6.54 Å². The first kappa shape index (κ1) is 6.56. The second kappa shape index (κ2) is 2.36. The summed E-state index contributed by atoms with van der Waals surface area (Å²) in [6, 6.07) is 0. The Morgan fingerprint density at radius 3 is 2.22 bits per heavy atom. The molecule has 1 saturated heterocycles. The first-order valence-corrected chi connectivity index (χ1v) is 3.35. The molecule has 1 aliphatic heterocycles. The number of hydrogen-bond donors (Lipinski definition) is 1. The van der Waals surface area contributed by atoms with Crippen molar-refractivity contribution in [2.24, 2.45) is 0 Å². The summed E-state index contributed by atoms with van der Waals surface area (Å²) >= 11 is 0. The highest BCUT2D eigenvalue weighted by Gasteiger charge is 2.25. The third kappa shape index (κ3) is 1.06. The molecule has 9 heavy (non-hydrogen) atoms. The molecule has 0 radical (unpaired) electrons. The minimum absolute atomic E-state index is 0.0556. The highest BCUT2D eigenvalue weighted by Crippen LogP contribution is 2.20. The van der Waals surface area contributed by atoms with Crippen LogP contribution in [0, 0.1) is 0 Å². The minimum atomic E-state index is 0.0556. The topological polar surface area (TPSA) is 12.0 Å². The van der Waals surface area contributed by atoms with Crippen LogP contribution in [0.3, 0.4) is 0 Å². The minimum Gasteiger partial charge on any atom is -0.305 e. The molecule has 1 aliphatic rings. The van der Waals surface area contributed by atoms with E-state index in [9.17, 15) is 0 Å². The van der Waals surface area contributed by atoms with Gasteiger partial charge in [-0.25, -0.2) is 0 Å². The molecule has 0 unspecified atom stereocenters. The molecule has 0 aromatic carbocycles. The quantitative estimate of drug-likeness (QED) is 0.548. The van der Waals surface area contributed by atoms with Crippen molar-refractivity contribution in [3.8, 4) is 0 Å². The molecule has 50 valence electrons. The van der Waals surface area contributed by atoms with Crippen molar-refractivity contribution < 1.29 is 0 Å². The Balaban J connectivity index is 2.66. The first-order valence-electron chi connectivity index (χ1n) is 3.35. The summed E-state index contributed by atoms with van der Waals surface area (Å²) in [5.41, 5.74) is 0.0556. The van der Waals surface area contributed by atoms with E-state index in [1.54, 1.807) is 0 Å². The van der Waals surface area contributed by atoms with Crippen LogP contribution in [-0.4, -0.2) is 12.1 Å². The average molecular weight is 123 g/mol. The van der Waals surface area contributed by atoms with Crippen LogP contribution < -0.4 is 5.32 Å². The van der Waals surface area contributed by atoms with Gasteiger partial charge in [0.25, 0.3) is 0 Å². The Hall–Kier alpha value is -0.560. The van der Waals surface area contributed by atoms with Crippen LogP contribution >= 0.6 is 0 Å². The lowest BCUT2D eigenvalue weighted by molar-refractivity contribution is 0.584. The van der Waals surface area contributed by atoms with Crippen molar-refractivity contribution in [2.45, 2.75) is 18.4 Å². The summed E-state index contributed by atoms with van der Waals surface area (Å²) < 4.78 is 0. The molecule has 0 bridgehead atoms. The Kier molecular flexibility index (Phi) is 1.72. The van der Waals surface area contributed by atoms with Gasteiger partial charge in [0.1, 0.15) is 0 Å². The Labute approximate surface area is 56.5 Å². The molecule has 0 amide bonds. The van der Waals surface area contributed by atoms with Crippen molar-refractivity contribution in [3.05, 3.63) is 25.3 Å². The highest BCUT2D eigenvalue weighted by molar-refractivity contribution is 5.16. The maximum atomic E-state index is 3.75. The van der Waals surface area contributed by atoms with Crippen LogP contribution in [0.15, 0.2) is 25.3 Å². The Morgan fingerprint density at radius 1 is 1.33 bits per heavy atom. The summed E-state index contributed by atoms with van der Waals surface area (Å²) in [7, 11) is 0. The monoisotopic (exact) mass is 123 g/mol. The molecule has 1 heterocycles. The summed E-state index contributed by atoms with van der Waals surface area (Å²) in [5.74, 6) is 0. The molecule has 1 fully saturated rings. The van der Waals surface area contributed by atoms with Gasteiger partial charge in [0.05, 0.1) is 5.54 Å². The predicted octanol–water partition coefficient (Wildman–Crippen LogP) is 1.48. The lowest BCUT2D eigenvalue weighted by atomic mass is 9.98. The normalized spacial score (nSPS) is 23.6. The lowest BCUT2D eigenvalue weighted by Crippen LogP contribution is -2.34. The first-order chi connectivity index (χ1) is 4.33. The van der Waals surface area contributed by atoms with Gasteiger partial charge in [-0.05, 0) is 19.4 Å². The highest BCUT2D eigenvalue weighted by atomic mass is 15.0. The fourth-order valence-corrected chi connectivity index (χ4v) is 1.22. The molecule has 0 atom stereocenters. The number of nitrogens with one attached hydrogen (secondary N) is 1. The average Bonchev–Trinajstić information content (AvgIpc) is 2.36. The van der Waals surface area contributed by atoms with E-state index in [0.29, 0.717) is 0 Å². The fourth-order valence-electron chi connectivity index (χ4n) is 1.22. The van der Waals surface area contributed by atoms with Gasteiger partial charge >= 0.3 is 0 Å². The second-order valence-corrected chi connectivity index (χ2v) is 2.48. The largest absolute Gasteiger partial charge is 0.305 e. The van der Waals surface area contributed by atoms with Crippen LogP contribution in [0.25, 0.3) is 0 Å². The van der Waals surface area contributed by atoms with Gasteiger partial charge in [-0.2, -0.15) is 0 Å². The molecule has 1 nitrogen and oxygen atoms in total. The Morgan fingerprint density at radius 2 is 2.00 bits per heavy atom. The van der Waals surface area contributed by atoms with E-state index in [1.807, 2.05) is 12.2 Å². The lowest BCUT2D eigenvalue weighted by Gasteiger charge is -2.19. The molecule has 0 aromatic heterocycles. The standard InChI is InChI=1S/C8H13N/c1-3-8(4-2)6-5-7-9-8/h3-4,9H,1-2,5-7H2. The van der Waals surface area contributed by atoms with Crippen molar-refractivity contribution in [1.29, 1.82) is 0 Å². The van der Waals surface area contributed by atoms with E-state index >= 15 is 0 Å². The van der Waals surface area contributed by atoms with Crippen molar-refractivity contribution in [3.63, 3.8) is 0 Å². The van der Waals surface area contributed by atoms with E-state index in [2.05, 4.69) is 18.5 Å². The van der Waals surface area contributed by atoms with Crippen LogP contribution in [0.2, 0.25) is 0 Å². The third-order valence-corrected chi connectivity index (χ3v) is 1.95. The molecule has 0 saturated carbocycles. The maximum absolute atomic E-state index is 3.75.